The number of anilines is 1. The minimum Gasteiger partial charge on any atom is -0.508 e. The molecule has 3 aromatic heterocycles. The number of fused-ring (bicyclic) bond motifs is 3. The van der Waals surface area contributed by atoms with Crippen LogP contribution in [-0.4, -0.2) is 61.6 Å². The van der Waals surface area contributed by atoms with Crippen molar-refractivity contribution in [2.75, 3.05) is 25.0 Å². The first kappa shape index (κ1) is 28.7. The van der Waals surface area contributed by atoms with Crippen LogP contribution in [0.3, 0.4) is 0 Å². The van der Waals surface area contributed by atoms with Crippen LogP contribution in [0.2, 0.25) is 0 Å². The Morgan fingerprint density at radius 2 is 2.13 bits per heavy atom. The first-order valence-corrected chi connectivity index (χ1v) is 14.7. The van der Waals surface area contributed by atoms with E-state index in [9.17, 15) is 18.7 Å². The largest absolute Gasteiger partial charge is 0.508 e. The van der Waals surface area contributed by atoms with Gasteiger partial charge in [0.2, 0.25) is 0 Å². The van der Waals surface area contributed by atoms with E-state index in [1.807, 2.05) is 6.92 Å². The number of halogens is 2. The SMILES string of the molecule is C#Cc1c(F)ccc2cc(O)cc(-c3oc(=O)c4c(NCc5cn[nH]c5C)nc(OC[C@@]56CCCN5C[C@H](F)C6)nc4c3C)c12. The number of alkyl halides is 1. The van der Waals surface area contributed by atoms with Crippen LogP contribution < -0.4 is 15.7 Å². The molecule has 45 heavy (non-hydrogen) atoms. The first-order valence-electron chi connectivity index (χ1n) is 14.7. The second-order valence-corrected chi connectivity index (χ2v) is 11.8. The summed E-state index contributed by atoms with van der Waals surface area (Å²) >= 11 is 0. The highest BCUT2D eigenvalue weighted by Gasteiger charge is 2.49. The van der Waals surface area contributed by atoms with Crippen molar-refractivity contribution >= 4 is 27.5 Å². The molecule has 2 fully saturated rings. The Hall–Kier alpha value is -5.02. The molecule has 2 aliphatic rings. The minimum atomic E-state index is -0.925. The molecule has 0 aliphatic carbocycles. The predicted octanol–water partition coefficient (Wildman–Crippen LogP) is 5.14. The maximum Gasteiger partial charge on any atom is 0.349 e. The smallest absolute Gasteiger partial charge is 0.349 e. The molecule has 2 aliphatic heterocycles. The summed E-state index contributed by atoms with van der Waals surface area (Å²) in [7, 11) is 0. The number of nitrogens with zero attached hydrogens (tertiary/aromatic N) is 4. The van der Waals surface area contributed by atoms with E-state index in [2.05, 4.69) is 36.3 Å². The zero-order chi connectivity index (χ0) is 31.5. The fourth-order valence-corrected chi connectivity index (χ4v) is 6.81. The molecule has 230 valence electrons. The quantitative estimate of drug-likeness (QED) is 0.214. The topological polar surface area (TPSA) is 129 Å². The minimum absolute atomic E-state index is 0.00761. The van der Waals surface area contributed by atoms with Crippen molar-refractivity contribution in [3.8, 4) is 35.4 Å². The van der Waals surface area contributed by atoms with Gasteiger partial charge in [0.1, 0.15) is 41.3 Å². The van der Waals surface area contributed by atoms with Crippen molar-refractivity contribution in [1.29, 1.82) is 0 Å². The van der Waals surface area contributed by atoms with Gasteiger partial charge in [-0.1, -0.05) is 12.0 Å². The number of nitrogens with one attached hydrogen (secondary N) is 2. The molecule has 0 saturated carbocycles. The number of ether oxygens (including phenoxy) is 1. The van der Waals surface area contributed by atoms with Crippen molar-refractivity contribution in [1.82, 2.24) is 25.1 Å². The highest BCUT2D eigenvalue weighted by Crippen LogP contribution is 2.41. The van der Waals surface area contributed by atoms with Crippen LogP contribution in [-0.2, 0) is 6.54 Å². The van der Waals surface area contributed by atoms with E-state index < -0.39 is 23.2 Å². The van der Waals surface area contributed by atoms with E-state index in [0.717, 1.165) is 30.6 Å². The molecule has 0 amide bonds. The normalized spacial score (nSPS) is 19.7. The first-order chi connectivity index (χ1) is 21.7. The van der Waals surface area contributed by atoms with Gasteiger partial charge < -0.3 is 19.6 Å². The zero-order valence-corrected chi connectivity index (χ0v) is 24.7. The lowest BCUT2D eigenvalue weighted by molar-refractivity contribution is 0.107. The summed E-state index contributed by atoms with van der Waals surface area (Å²) in [6.07, 6.45) is 8.56. The summed E-state index contributed by atoms with van der Waals surface area (Å²) in [6.45, 7) is 5.24. The van der Waals surface area contributed by atoms with Crippen LogP contribution in [0.5, 0.6) is 11.8 Å². The summed E-state index contributed by atoms with van der Waals surface area (Å²) in [5.74, 6) is 1.89. The summed E-state index contributed by atoms with van der Waals surface area (Å²) < 4.78 is 41.3. The highest BCUT2D eigenvalue weighted by molar-refractivity contribution is 6.03. The van der Waals surface area contributed by atoms with Crippen molar-refractivity contribution in [2.24, 2.45) is 0 Å². The standard InChI is InChI=1S/C33H30F2N6O4/c1-4-23-25(35)7-6-19-10-22(42)11-24(26(19)23)29-17(2)28-27(31(43)45-29)30(36-13-20-14-37-40-18(20)3)39-32(38-28)44-16-33-8-5-9-41(33)15-21(34)12-33/h1,6-7,10-11,14,21,42H,5,8-9,12-13,15-16H2,2-3H3,(H,37,40)(H,36,38,39)/t21-,33+/m1/s1. The molecule has 3 N–H and O–H groups in total. The summed E-state index contributed by atoms with van der Waals surface area (Å²) in [4.78, 5) is 25.1. The summed E-state index contributed by atoms with van der Waals surface area (Å²) in [6, 6.07) is 5.56. The van der Waals surface area contributed by atoms with E-state index >= 15 is 0 Å². The van der Waals surface area contributed by atoms with Gasteiger partial charge in [-0.15, -0.1) is 6.42 Å². The van der Waals surface area contributed by atoms with Crippen LogP contribution in [0.1, 0.15) is 41.6 Å². The van der Waals surface area contributed by atoms with Gasteiger partial charge in [-0.05, 0) is 56.8 Å². The highest BCUT2D eigenvalue weighted by atomic mass is 19.1. The van der Waals surface area contributed by atoms with Crippen LogP contribution in [0.25, 0.3) is 33.0 Å². The molecule has 5 aromatic rings. The number of rotatable bonds is 7. The Kier molecular flexibility index (Phi) is 6.93. The molecule has 0 spiro atoms. The Morgan fingerprint density at radius 3 is 2.91 bits per heavy atom. The molecule has 2 saturated heterocycles. The van der Waals surface area contributed by atoms with E-state index in [4.69, 9.17) is 15.6 Å². The van der Waals surface area contributed by atoms with Crippen molar-refractivity contribution in [3.05, 3.63) is 69.1 Å². The van der Waals surface area contributed by atoms with Gasteiger partial charge in [0.15, 0.2) is 0 Å². The Morgan fingerprint density at radius 1 is 1.29 bits per heavy atom. The van der Waals surface area contributed by atoms with Crippen molar-refractivity contribution < 1.29 is 23.0 Å². The number of benzene rings is 2. The fourth-order valence-electron chi connectivity index (χ4n) is 6.81. The van der Waals surface area contributed by atoms with Crippen LogP contribution in [0, 0.1) is 32.0 Å². The van der Waals surface area contributed by atoms with Crippen molar-refractivity contribution in [3.63, 3.8) is 0 Å². The van der Waals surface area contributed by atoms with Gasteiger partial charge >= 0.3 is 11.6 Å². The Balaban J connectivity index is 1.39. The monoisotopic (exact) mass is 612 g/mol. The third-order valence-corrected chi connectivity index (χ3v) is 9.04. The maximum absolute atomic E-state index is 14.8. The lowest BCUT2D eigenvalue weighted by Crippen LogP contribution is -2.43. The lowest BCUT2D eigenvalue weighted by atomic mass is 9.95. The van der Waals surface area contributed by atoms with Gasteiger partial charge in [-0.3, -0.25) is 10.00 Å². The maximum atomic E-state index is 14.8. The lowest BCUT2D eigenvalue weighted by Gasteiger charge is -2.30. The molecular weight excluding hydrogens is 582 g/mol. The number of phenolic OH excluding ortho intramolecular Hbond substituents is 1. The number of aromatic hydroxyl groups is 1. The molecule has 0 bridgehead atoms. The molecule has 10 nitrogen and oxygen atoms in total. The zero-order valence-electron chi connectivity index (χ0n) is 24.7. The predicted molar refractivity (Wildman–Crippen MR) is 165 cm³/mol. The number of phenols is 1. The molecule has 0 unspecified atom stereocenters. The van der Waals surface area contributed by atoms with E-state index in [-0.39, 0.29) is 58.5 Å². The molecule has 7 rings (SSSR count). The summed E-state index contributed by atoms with van der Waals surface area (Å²) in [5, 5.41) is 21.6. The van der Waals surface area contributed by atoms with E-state index in [1.165, 1.54) is 24.3 Å². The number of hydrogen-bond donors (Lipinski definition) is 3. The van der Waals surface area contributed by atoms with Gasteiger partial charge in [0.05, 0.1) is 22.8 Å². The molecule has 2 atom stereocenters. The van der Waals surface area contributed by atoms with Crippen molar-refractivity contribution in [2.45, 2.75) is 51.4 Å². The van der Waals surface area contributed by atoms with Crippen LogP contribution in [0.15, 0.2) is 39.7 Å². The number of hydrogen-bond acceptors (Lipinski definition) is 9. The third kappa shape index (κ3) is 4.84. The van der Waals surface area contributed by atoms with Crippen LogP contribution in [0.4, 0.5) is 14.6 Å². The summed E-state index contributed by atoms with van der Waals surface area (Å²) in [5.41, 5.74) is 1.37. The van der Waals surface area contributed by atoms with Gasteiger partial charge in [-0.25, -0.2) is 13.6 Å². The molecule has 0 radical (unpaired) electrons. The molecule has 5 heterocycles. The Bertz CT molecular complexity index is 2090. The number of aryl methyl sites for hydroxylation is 2. The second kappa shape index (κ2) is 10.9. The number of H-pyrrole nitrogens is 1. The third-order valence-electron chi connectivity index (χ3n) is 9.04. The molecule has 2 aromatic carbocycles. The van der Waals surface area contributed by atoms with E-state index in [1.54, 1.807) is 13.1 Å². The molecular formula is C33H30F2N6O4. The van der Waals surface area contributed by atoms with E-state index in [0.29, 0.717) is 29.3 Å². The number of terminal acetylenes is 1. The Labute approximate surface area is 256 Å². The average Bonchev–Trinajstić information content (AvgIpc) is 3.69. The van der Waals surface area contributed by atoms with Gasteiger partial charge in [-0.2, -0.15) is 15.1 Å². The second-order valence-electron chi connectivity index (χ2n) is 11.8. The van der Waals surface area contributed by atoms with Crippen LogP contribution >= 0.6 is 0 Å². The average molecular weight is 613 g/mol. The van der Waals surface area contributed by atoms with Gasteiger partial charge in [0.25, 0.3) is 0 Å². The molecule has 12 heteroatoms. The number of aromatic nitrogens is 4. The fraction of sp³-hybridized carbons (Fsp3) is 0.333. The van der Waals surface area contributed by atoms with Gasteiger partial charge in [0, 0.05) is 47.3 Å². The number of aromatic amines is 1.